The van der Waals surface area contributed by atoms with Crippen LogP contribution in [0.2, 0.25) is 0 Å². The van der Waals surface area contributed by atoms with Gasteiger partial charge >= 0.3 is 5.97 Å². The fraction of sp³-hybridized carbons (Fsp3) is 0.923. The van der Waals surface area contributed by atoms with Crippen LogP contribution in [0.1, 0.15) is 61.0 Å². The number of thioether (sulfide) groups is 1. The topological polar surface area (TPSA) is 26.3 Å². The molecule has 0 spiro atoms. The van der Waals surface area contributed by atoms with Crippen LogP contribution < -0.4 is 0 Å². The summed E-state index contributed by atoms with van der Waals surface area (Å²) in [6.45, 7) is 5.78. The molecule has 0 saturated heterocycles. The monoisotopic (exact) mass is 250 g/mol. The van der Waals surface area contributed by atoms with Gasteiger partial charge < -0.3 is 4.74 Å². The van der Waals surface area contributed by atoms with Crippen molar-refractivity contribution in [1.82, 2.24) is 0 Å². The van der Waals surface area contributed by atoms with E-state index in [1.807, 2.05) is 20.8 Å². The van der Waals surface area contributed by atoms with E-state index in [1.165, 1.54) is 11.8 Å². The van der Waals surface area contributed by atoms with Crippen LogP contribution in [0.25, 0.3) is 0 Å². The van der Waals surface area contributed by atoms with Crippen molar-refractivity contribution in [2.45, 2.75) is 57.5 Å². The molecule has 0 N–H and O–H groups in total. The smallest absolute Gasteiger partial charge is 0.312 e. The predicted molar refractivity (Wildman–Crippen MR) is 69.7 cm³/mol. The molecule has 1 saturated carbocycles. The largest absolute Gasteiger partial charge is 0.469 e. The summed E-state index contributed by atoms with van der Waals surface area (Å²) < 4.78 is 52.7. The molecule has 94 valence electrons. The lowest BCUT2D eigenvalue weighted by molar-refractivity contribution is -0.153. The first-order valence-electron chi connectivity index (χ1n) is 8.37. The summed E-state index contributed by atoms with van der Waals surface area (Å²) in [7, 11) is 1.15. The molecular formula is C13H24O2S. The van der Waals surface area contributed by atoms with E-state index in [4.69, 9.17) is 13.0 Å². The number of esters is 1. The Morgan fingerprint density at radius 2 is 2.19 bits per heavy atom. The van der Waals surface area contributed by atoms with Gasteiger partial charge in [-0.1, -0.05) is 39.9 Å². The van der Waals surface area contributed by atoms with Gasteiger partial charge in [-0.3, -0.25) is 4.79 Å². The quantitative estimate of drug-likeness (QED) is 0.715. The average Bonchev–Trinajstić information content (AvgIpc) is 2.35. The Hall–Kier alpha value is -0.180. The molecule has 3 heteroatoms. The van der Waals surface area contributed by atoms with Crippen molar-refractivity contribution in [3.05, 3.63) is 0 Å². The van der Waals surface area contributed by atoms with Gasteiger partial charge in [0.25, 0.3) is 0 Å². The molecule has 0 heterocycles. The fourth-order valence-corrected chi connectivity index (χ4v) is 2.43. The molecule has 1 atom stereocenters. The highest BCUT2D eigenvalue weighted by Crippen LogP contribution is 2.42. The van der Waals surface area contributed by atoms with Crippen LogP contribution in [0.4, 0.5) is 0 Å². The highest BCUT2D eigenvalue weighted by molar-refractivity contribution is 8.00. The lowest BCUT2D eigenvalue weighted by Crippen LogP contribution is -2.38. The Morgan fingerprint density at radius 1 is 1.50 bits per heavy atom. The maximum atomic E-state index is 12.4. The van der Waals surface area contributed by atoms with Gasteiger partial charge in [0.2, 0.25) is 0 Å². The van der Waals surface area contributed by atoms with Crippen molar-refractivity contribution in [2.24, 2.45) is 5.41 Å². The van der Waals surface area contributed by atoms with Crippen molar-refractivity contribution in [2.75, 3.05) is 12.9 Å². The van der Waals surface area contributed by atoms with Gasteiger partial charge in [-0.15, -0.1) is 0 Å². The van der Waals surface area contributed by atoms with E-state index in [-0.39, 0.29) is 23.3 Å². The van der Waals surface area contributed by atoms with Crippen molar-refractivity contribution in [3.8, 4) is 0 Å². The maximum absolute atomic E-state index is 12.4. The second-order valence-corrected chi connectivity index (χ2v) is 6.70. The number of hydrogen-bond acceptors (Lipinski definition) is 3. The van der Waals surface area contributed by atoms with Crippen LogP contribution in [0, 0.1) is 5.41 Å². The molecule has 1 rings (SSSR count). The van der Waals surface area contributed by atoms with Crippen LogP contribution in [-0.4, -0.2) is 23.6 Å². The molecule has 16 heavy (non-hydrogen) atoms. The summed E-state index contributed by atoms with van der Waals surface area (Å²) in [6, 6.07) is 0. The van der Waals surface area contributed by atoms with E-state index in [2.05, 4.69) is 0 Å². The second kappa shape index (κ2) is 5.44. The summed E-state index contributed by atoms with van der Waals surface area (Å²) in [5.41, 5.74) is -1.70. The number of carbonyl (C=O) groups excluding carboxylic acids is 1. The van der Waals surface area contributed by atoms with Crippen LogP contribution in [-0.2, 0) is 9.53 Å². The molecule has 0 aromatic rings. The summed E-state index contributed by atoms with van der Waals surface area (Å²) in [4.78, 5) is 12.4. The highest BCUT2D eigenvalue weighted by atomic mass is 32.2. The molecule has 0 bridgehead atoms. The zero-order chi connectivity index (χ0) is 17.6. The SMILES string of the molecule is [2H]C1([2H])CCC(CSC(C)(C)C)(C(=O)OC)C([2H])([2H])C1([2H])[2H]. The Kier molecular flexibility index (Phi) is 2.48. The third-order valence-corrected chi connectivity index (χ3v) is 3.90. The normalized spacial score (nSPS) is 41.5. The first-order valence-corrected chi connectivity index (χ1v) is 6.36. The van der Waals surface area contributed by atoms with E-state index in [0.717, 1.165) is 7.11 Å². The van der Waals surface area contributed by atoms with E-state index in [1.54, 1.807) is 0 Å². The van der Waals surface area contributed by atoms with Crippen LogP contribution >= 0.6 is 11.8 Å². The third-order valence-electron chi connectivity index (χ3n) is 2.39. The van der Waals surface area contributed by atoms with Crippen molar-refractivity contribution < 1.29 is 17.8 Å². The number of hydrogen-bond donors (Lipinski definition) is 0. The first-order chi connectivity index (χ1) is 9.65. The fourth-order valence-electron chi connectivity index (χ4n) is 1.42. The van der Waals surface area contributed by atoms with Crippen molar-refractivity contribution >= 4 is 17.7 Å². The van der Waals surface area contributed by atoms with Gasteiger partial charge in [-0.2, -0.15) is 11.8 Å². The van der Waals surface area contributed by atoms with Gasteiger partial charge in [0, 0.05) is 18.7 Å². The van der Waals surface area contributed by atoms with E-state index < -0.39 is 30.5 Å². The molecule has 1 aliphatic carbocycles. The standard InChI is InChI=1S/C13H24O2S/c1-12(2,3)16-10-13(11(14)15-4)8-6-5-7-9-13/h5-10H2,1-4H3/i5D2,6D2,8D2. The summed E-state index contributed by atoms with van der Waals surface area (Å²) in [5, 5.41) is 0. The zero-order valence-electron chi connectivity index (χ0n) is 16.3. The lowest BCUT2D eigenvalue weighted by atomic mass is 9.75. The molecule has 0 radical (unpaired) electrons. The van der Waals surface area contributed by atoms with Gasteiger partial charge in [-0.25, -0.2) is 0 Å². The van der Waals surface area contributed by atoms with Gasteiger partial charge in [0.1, 0.15) is 0 Å². The molecule has 1 unspecified atom stereocenters. The molecule has 1 fully saturated rings. The van der Waals surface area contributed by atoms with Crippen LogP contribution in [0.3, 0.4) is 0 Å². The molecule has 0 aromatic carbocycles. The Balaban J connectivity index is 3.36. The molecule has 0 aliphatic heterocycles. The molecular weight excluding hydrogens is 220 g/mol. The highest BCUT2D eigenvalue weighted by Gasteiger charge is 2.41. The van der Waals surface area contributed by atoms with Crippen molar-refractivity contribution in [1.29, 1.82) is 0 Å². The second-order valence-electron chi connectivity index (χ2n) is 4.90. The first kappa shape index (κ1) is 7.30. The van der Waals surface area contributed by atoms with Gasteiger partial charge in [0.15, 0.2) is 0 Å². The molecule has 0 aromatic heterocycles. The molecule has 2 nitrogen and oxygen atoms in total. The molecule has 0 amide bonds. The summed E-state index contributed by atoms with van der Waals surface area (Å²) >= 11 is 1.36. The Morgan fingerprint density at radius 3 is 2.75 bits per heavy atom. The lowest BCUT2D eigenvalue weighted by Gasteiger charge is -2.36. The maximum Gasteiger partial charge on any atom is 0.312 e. The summed E-state index contributed by atoms with van der Waals surface area (Å²) in [6.07, 6.45) is -8.10. The Labute approximate surface area is 112 Å². The number of ether oxygens (including phenoxy) is 1. The predicted octanol–water partition coefficient (Wildman–Crippen LogP) is 3.64. The molecule has 1 aliphatic rings. The van der Waals surface area contributed by atoms with E-state index in [9.17, 15) is 4.79 Å². The van der Waals surface area contributed by atoms with E-state index in [0.29, 0.717) is 0 Å². The van der Waals surface area contributed by atoms with Gasteiger partial charge in [-0.05, 0) is 12.8 Å². The number of rotatable bonds is 3. The van der Waals surface area contributed by atoms with Crippen LogP contribution in [0.15, 0.2) is 0 Å². The zero-order valence-corrected chi connectivity index (χ0v) is 11.2. The minimum absolute atomic E-state index is 0.0474. The van der Waals surface area contributed by atoms with Crippen molar-refractivity contribution in [3.63, 3.8) is 0 Å². The number of methoxy groups -OCH3 is 1. The van der Waals surface area contributed by atoms with E-state index >= 15 is 0 Å². The number of carbonyl (C=O) groups is 1. The minimum atomic E-state index is -2.79. The van der Waals surface area contributed by atoms with Gasteiger partial charge in [0.05, 0.1) is 12.5 Å². The summed E-state index contributed by atoms with van der Waals surface area (Å²) in [5.74, 6) is -0.764. The Bertz CT molecular complexity index is 446. The average molecular weight is 250 g/mol. The van der Waals surface area contributed by atoms with Crippen LogP contribution in [0.5, 0.6) is 0 Å². The minimum Gasteiger partial charge on any atom is -0.469 e. The third kappa shape index (κ3) is 3.69.